The lowest BCUT2D eigenvalue weighted by Gasteiger charge is -2.24. The molecule has 1 fully saturated rings. The summed E-state index contributed by atoms with van der Waals surface area (Å²) in [6, 6.07) is 0. The fraction of sp³-hybridized carbons (Fsp3) is 0.600. The second kappa shape index (κ2) is 8.74. The van der Waals surface area contributed by atoms with Crippen molar-refractivity contribution in [1.29, 1.82) is 0 Å². The second-order valence-electron chi connectivity index (χ2n) is 4.20. The van der Waals surface area contributed by atoms with Crippen LogP contribution in [0, 0.1) is 0 Å². The van der Waals surface area contributed by atoms with E-state index in [2.05, 4.69) is 95.6 Å². The fourth-order valence-electron chi connectivity index (χ4n) is 1.41. The highest BCUT2D eigenvalue weighted by molar-refractivity contribution is 9.40. The lowest BCUT2D eigenvalue weighted by molar-refractivity contribution is -0.170. The number of halogens is 6. The lowest BCUT2D eigenvalue weighted by atomic mass is 10.1. The molecule has 1 aliphatic heterocycles. The Morgan fingerprint density at radius 1 is 1.08 bits per heavy atom. The molecule has 0 spiro atoms. The van der Waals surface area contributed by atoms with E-state index in [1.165, 1.54) is 0 Å². The molecule has 3 atom stereocenters. The van der Waals surface area contributed by atoms with Crippen molar-refractivity contribution in [2.24, 2.45) is 0 Å². The third-order valence-corrected chi connectivity index (χ3v) is 4.40. The highest BCUT2D eigenvalue weighted by Gasteiger charge is 2.49. The molecule has 0 amide bonds. The van der Waals surface area contributed by atoms with Crippen LogP contribution in [-0.2, 0) is 33.4 Å². The van der Waals surface area contributed by atoms with E-state index in [4.69, 9.17) is 14.2 Å². The van der Waals surface area contributed by atoms with E-state index in [9.17, 15) is 24.3 Å². The van der Waals surface area contributed by atoms with Crippen molar-refractivity contribution in [2.45, 2.75) is 22.6 Å². The van der Waals surface area contributed by atoms with Crippen LogP contribution in [-0.4, -0.2) is 58.0 Å². The number of Topliss-reactive ketones (excluding diaryl/α,β-unsaturated/α-hetero) is 1. The van der Waals surface area contributed by atoms with Crippen LogP contribution < -0.4 is 0 Å². The Morgan fingerprint density at radius 3 is 1.96 bits per heavy atom. The Bertz CT molecular complexity index is 553. The average Bonchev–Trinajstić information content (AvgIpc) is 2.68. The first kappa shape index (κ1) is 23.0. The first-order chi connectivity index (χ1) is 10.7. The summed E-state index contributed by atoms with van der Waals surface area (Å²) in [5.41, 5.74) is 0. The Labute approximate surface area is 185 Å². The highest BCUT2D eigenvalue weighted by atomic mass is 80.0. The molecule has 136 valence electrons. The van der Waals surface area contributed by atoms with Gasteiger partial charge in [0, 0.05) is 0 Å². The van der Waals surface area contributed by atoms with Crippen LogP contribution in [0.15, 0.2) is 0 Å². The van der Waals surface area contributed by atoms with E-state index in [1.807, 2.05) is 0 Å². The predicted octanol–water partition coefficient (Wildman–Crippen LogP) is 1.97. The summed E-state index contributed by atoms with van der Waals surface area (Å²) in [5, 5.41) is 9.36. The third kappa shape index (κ3) is 6.27. The summed E-state index contributed by atoms with van der Waals surface area (Å²) in [6.07, 6.45) is -5.08. The molecule has 1 saturated heterocycles. The van der Waals surface area contributed by atoms with Gasteiger partial charge >= 0.3 is 17.9 Å². The van der Waals surface area contributed by atoms with Crippen molar-refractivity contribution < 1.29 is 38.5 Å². The number of hydrogen-bond acceptors (Lipinski definition) is 8. The molecule has 14 heteroatoms. The van der Waals surface area contributed by atoms with Gasteiger partial charge in [0.1, 0.15) is 6.61 Å². The Kier molecular flexibility index (Phi) is 8.36. The molecule has 0 aliphatic carbocycles. The monoisotopic (exact) mass is 728 g/mol. The Balaban J connectivity index is 2.92. The molecule has 0 aromatic rings. The molecule has 3 unspecified atom stereocenters. The zero-order chi connectivity index (χ0) is 18.9. The van der Waals surface area contributed by atoms with Gasteiger partial charge in [0.15, 0.2) is 6.10 Å². The second-order valence-corrected chi connectivity index (χ2v) is 17.7. The van der Waals surface area contributed by atoms with Gasteiger partial charge in [-0.25, -0.2) is 14.4 Å². The van der Waals surface area contributed by atoms with E-state index in [0.29, 0.717) is 0 Å². The van der Waals surface area contributed by atoms with Gasteiger partial charge in [0.05, 0.1) is 0 Å². The van der Waals surface area contributed by atoms with Gasteiger partial charge in [-0.15, -0.1) is 0 Å². The number of cyclic esters (lactones) is 1. The van der Waals surface area contributed by atoms with Crippen molar-refractivity contribution in [2.75, 3.05) is 6.61 Å². The van der Waals surface area contributed by atoms with Crippen molar-refractivity contribution >= 4 is 119 Å². The zero-order valence-electron chi connectivity index (χ0n) is 11.0. The van der Waals surface area contributed by atoms with Gasteiger partial charge < -0.3 is 19.3 Å². The molecule has 1 heterocycles. The van der Waals surface area contributed by atoms with Gasteiger partial charge in [-0.1, -0.05) is 0 Å². The Morgan fingerprint density at radius 2 is 1.58 bits per heavy atom. The average molecular weight is 734 g/mol. The quantitative estimate of drug-likeness (QED) is 0.202. The molecule has 1 aliphatic rings. The van der Waals surface area contributed by atoms with Gasteiger partial charge in [0.2, 0.25) is 22.3 Å². The van der Waals surface area contributed by atoms with Crippen LogP contribution in [0.25, 0.3) is 0 Å². The zero-order valence-corrected chi connectivity index (χ0v) is 20.5. The summed E-state index contributed by atoms with van der Waals surface area (Å²) in [6.45, 7) is -0.616. The summed E-state index contributed by atoms with van der Waals surface area (Å²) in [7, 11) is 0. The van der Waals surface area contributed by atoms with Crippen LogP contribution in [0.3, 0.4) is 0 Å². The number of ketones is 1. The van der Waals surface area contributed by atoms with Gasteiger partial charge in [-0.3, -0.25) is 4.79 Å². The number of carbonyl (C=O) groups excluding carboxylic acids is 4. The van der Waals surface area contributed by atoms with Crippen molar-refractivity contribution in [3.05, 3.63) is 0 Å². The van der Waals surface area contributed by atoms with Crippen molar-refractivity contribution in [3.63, 3.8) is 0 Å². The molecular formula is C10H6Br6O8. The maximum absolute atomic E-state index is 11.9. The minimum Gasteiger partial charge on any atom is -0.459 e. The minimum atomic E-state index is -1.99. The lowest BCUT2D eigenvalue weighted by Crippen LogP contribution is -2.43. The fourth-order valence-corrected chi connectivity index (χ4v) is 2.03. The maximum Gasteiger partial charge on any atom is 0.345 e. The van der Waals surface area contributed by atoms with Gasteiger partial charge in [0.25, 0.3) is 0 Å². The molecule has 1 rings (SSSR count). The molecule has 0 bridgehead atoms. The van der Waals surface area contributed by atoms with Crippen molar-refractivity contribution in [3.8, 4) is 0 Å². The molecule has 0 radical (unpaired) electrons. The van der Waals surface area contributed by atoms with Crippen LogP contribution in [0.1, 0.15) is 0 Å². The smallest absolute Gasteiger partial charge is 0.345 e. The van der Waals surface area contributed by atoms with E-state index in [-0.39, 0.29) is 0 Å². The van der Waals surface area contributed by atoms with Gasteiger partial charge in [-0.05, 0) is 95.6 Å². The summed E-state index contributed by atoms with van der Waals surface area (Å²) in [4.78, 5) is 46.7. The Hall–Kier alpha value is 0.920. The number of ether oxygens (including phenoxy) is 3. The standard InChI is InChI=1S/C10H6Br6O8/c11-9(12,13)7(20)22-1-2(23-8(21)10(14,15)16)5-3(17)4(18)6(19)24-5/h2,4-5,18H,1H2. The molecular weight excluding hydrogens is 728 g/mol. The van der Waals surface area contributed by atoms with E-state index in [0.717, 1.165) is 0 Å². The number of esters is 3. The summed E-state index contributed by atoms with van der Waals surface area (Å²) < 4.78 is 11.7. The normalized spacial score (nSPS) is 22.8. The van der Waals surface area contributed by atoms with Crippen LogP contribution >= 0.6 is 95.6 Å². The SMILES string of the molecule is O=C1OC(C(COC(=O)C(Br)(Br)Br)OC(=O)C(Br)(Br)Br)C(=O)C1O. The number of alkyl halides is 6. The number of carbonyl (C=O) groups is 4. The van der Waals surface area contributed by atoms with E-state index >= 15 is 0 Å². The third-order valence-electron chi connectivity index (χ3n) is 2.45. The van der Waals surface area contributed by atoms with E-state index in [1.54, 1.807) is 0 Å². The van der Waals surface area contributed by atoms with E-state index < -0.39 is 52.9 Å². The number of hydrogen-bond donors (Lipinski definition) is 1. The van der Waals surface area contributed by atoms with Gasteiger partial charge in [-0.2, -0.15) is 0 Å². The van der Waals surface area contributed by atoms with Crippen LogP contribution in [0.2, 0.25) is 0 Å². The highest BCUT2D eigenvalue weighted by Crippen LogP contribution is 2.36. The molecule has 0 saturated carbocycles. The first-order valence-electron chi connectivity index (χ1n) is 5.69. The molecule has 8 nitrogen and oxygen atoms in total. The first-order valence-corrected chi connectivity index (χ1v) is 10.4. The van der Waals surface area contributed by atoms with Crippen LogP contribution in [0.4, 0.5) is 0 Å². The topological polar surface area (TPSA) is 116 Å². The predicted molar refractivity (Wildman–Crippen MR) is 101 cm³/mol. The number of aliphatic hydroxyl groups is 1. The molecule has 24 heavy (non-hydrogen) atoms. The summed E-state index contributed by atoms with van der Waals surface area (Å²) >= 11 is 17.5. The number of rotatable bonds is 4. The van der Waals surface area contributed by atoms with Crippen molar-refractivity contribution in [1.82, 2.24) is 0 Å². The van der Waals surface area contributed by atoms with Crippen LogP contribution in [0.5, 0.6) is 0 Å². The largest absolute Gasteiger partial charge is 0.459 e. The maximum atomic E-state index is 11.9. The molecule has 0 aromatic carbocycles. The minimum absolute atomic E-state index is 0.616. The molecule has 1 N–H and O–H groups in total. The molecule has 0 aromatic heterocycles. The number of aliphatic hydroxyl groups excluding tert-OH is 1. The summed E-state index contributed by atoms with van der Waals surface area (Å²) in [5.74, 6) is -4.00.